The smallest absolute Gasteiger partial charge is 0.227 e. The van der Waals surface area contributed by atoms with Crippen molar-refractivity contribution in [2.75, 3.05) is 12.8 Å². The summed E-state index contributed by atoms with van der Waals surface area (Å²) in [5.41, 5.74) is 5.32. The van der Waals surface area contributed by atoms with Gasteiger partial charge < -0.3 is 10.5 Å². The van der Waals surface area contributed by atoms with Crippen molar-refractivity contribution in [1.29, 1.82) is 0 Å². The van der Waals surface area contributed by atoms with Gasteiger partial charge in [0.2, 0.25) is 11.2 Å². The molecule has 0 aliphatic carbocycles. The van der Waals surface area contributed by atoms with Crippen LogP contribution in [0.4, 0.5) is 5.82 Å². The highest BCUT2D eigenvalue weighted by molar-refractivity contribution is 6.28. The monoisotopic (exact) mass is 159 g/mol. The molecule has 0 aromatic carbocycles. The van der Waals surface area contributed by atoms with Gasteiger partial charge in [-0.05, 0) is 11.6 Å². The van der Waals surface area contributed by atoms with E-state index in [-0.39, 0.29) is 5.28 Å². The molecular formula is C5H6ClN3O. The first-order valence-electron chi connectivity index (χ1n) is 2.56. The Morgan fingerprint density at radius 2 is 2.30 bits per heavy atom. The number of hydrogen-bond donors (Lipinski definition) is 1. The number of ether oxygens (including phenoxy) is 1. The van der Waals surface area contributed by atoms with E-state index >= 15 is 0 Å². The minimum absolute atomic E-state index is 0.0943. The number of rotatable bonds is 1. The lowest BCUT2D eigenvalue weighted by molar-refractivity contribution is 0.397. The standard InChI is InChI=1S/C5H6ClN3O/c1-10-4-2-3(7)8-5(6)9-4/h2H,1H3,(H2,7,8,9). The van der Waals surface area contributed by atoms with Crippen LogP contribution in [0.5, 0.6) is 5.88 Å². The average molecular weight is 160 g/mol. The van der Waals surface area contributed by atoms with Crippen molar-refractivity contribution in [1.82, 2.24) is 9.97 Å². The van der Waals surface area contributed by atoms with E-state index < -0.39 is 0 Å². The largest absolute Gasteiger partial charge is 0.481 e. The number of nitrogens with zero attached hydrogens (tertiary/aromatic N) is 2. The number of halogens is 1. The Morgan fingerprint density at radius 1 is 1.60 bits per heavy atom. The van der Waals surface area contributed by atoms with E-state index in [4.69, 9.17) is 22.1 Å². The quantitative estimate of drug-likeness (QED) is 0.614. The summed E-state index contributed by atoms with van der Waals surface area (Å²) in [7, 11) is 1.48. The number of methoxy groups -OCH3 is 1. The number of aromatic nitrogens is 2. The van der Waals surface area contributed by atoms with Crippen molar-refractivity contribution < 1.29 is 4.74 Å². The first kappa shape index (κ1) is 7.08. The average Bonchev–Trinajstić information content (AvgIpc) is 1.85. The van der Waals surface area contributed by atoms with Crippen molar-refractivity contribution in [2.45, 2.75) is 0 Å². The van der Waals surface area contributed by atoms with Crippen molar-refractivity contribution >= 4 is 17.4 Å². The fraction of sp³-hybridized carbons (Fsp3) is 0.200. The molecule has 0 saturated carbocycles. The maximum Gasteiger partial charge on any atom is 0.227 e. The molecule has 0 fully saturated rings. The van der Waals surface area contributed by atoms with Crippen molar-refractivity contribution in [3.8, 4) is 5.88 Å². The molecule has 1 aromatic heterocycles. The summed E-state index contributed by atoms with van der Waals surface area (Å²) in [6.45, 7) is 0. The first-order chi connectivity index (χ1) is 4.72. The van der Waals surface area contributed by atoms with Gasteiger partial charge in [0.15, 0.2) is 0 Å². The van der Waals surface area contributed by atoms with Crippen molar-refractivity contribution in [2.24, 2.45) is 0 Å². The third-order valence-corrected chi connectivity index (χ3v) is 1.07. The molecule has 0 bridgehead atoms. The third-order valence-electron chi connectivity index (χ3n) is 0.904. The van der Waals surface area contributed by atoms with E-state index in [9.17, 15) is 0 Å². The molecule has 2 N–H and O–H groups in total. The highest BCUT2D eigenvalue weighted by Crippen LogP contribution is 2.12. The van der Waals surface area contributed by atoms with E-state index in [0.29, 0.717) is 11.7 Å². The molecule has 0 unspecified atom stereocenters. The molecule has 0 aliphatic heterocycles. The van der Waals surface area contributed by atoms with E-state index in [0.717, 1.165) is 0 Å². The zero-order valence-corrected chi connectivity index (χ0v) is 6.09. The van der Waals surface area contributed by atoms with Crippen LogP contribution in [0.15, 0.2) is 6.07 Å². The van der Waals surface area contributed by atoms with E-state index in [1.165, 1.54) is 13.2 Å². The summed E-state index contributed by atoms with van der Waals surface area (Å²) in [6, 6.07) is 1.49. The number of anilines is 1. The predicted octanol–water partition coefficient (Wildman–Crippen LogP) is 0.721. The molecule has 0 saturated heterocycles. The van der Waals surface area contributed by atoms with Crippen LogP contribution >= 0.6 is 11.6 Å². The number of hydrogen-bond acceptors (Lipinski definition) is 4. The molecule has 0 radical (unpaired) electrons. The summed E-state index contributed by atoms with van der Waals surface area (Å²) in [6.07, 6.45) is 0. The lowest BCUT2D eigenvalue weighted by Crippen LogP contribution is -1.95. The summed E-state index contributed by atoms with van der Waals surface area (Å²) < 4.78 is 4.76. The molecule has 54 valence electrons. The highest BCUT2D eigenvalue weighted by atomic mass is 35.5. The maximum absolute atomic E-state index is 5.45. The molecule has 0 atom stereocenters. The van der Waals surface area contributed by atoms with Gasteiger partial charge in [-0.2, -0.15) is 4.98 Å². The summed E-state index contributed by atoms with van der Waals surface area (Å²) in [4.78, 5) is 7.34. The van der Waals surface area contributed by atoms with Crippen LogP contribution in [-0.2, 0) is 0 Å². The number of nitrogens with two attached hydrogens (primary N) is 1. The SMILES string of the molecule is COc1cc(N)nc(Cl)n1. The topological polar surface area (TPSA) is 61.0 Å². The zero-order chi connectivity index (χ0) is 7.56. The first-order valence-corrected chi connectivity index (χ1v) is 2.94. The highest BCUT2D eigenvalue weighted by Gasteiger charge is 1.97. The fourth-order valence-electron chi connectivity index (χ4n) is 0.518. The molecule has 1 rings (SSSR count). The van der Waals surface area contributed by atoms with Crippen LogP contribution in [0.1, 0.15) is 0 Å². The summed E-state index contributed by atoms with van der Waals surface area (Å²) in [5.74, 6) is 0.675. The van der Waals surface area contributed by atoms with Crippen LogP contribution in [0.25, 0.3) is 0 Å². The van der Waals surface area contributed by atoms with Crippen molar-refractivity contribution in [3.63, 3.8) is 0 Å². The van der Waals surface area contributed by atoms with Crippen molar-refractivity contribution in [3.05, 3.63) is 11.3 Å². The van der Waals surface area contributed by atoms with Gasteiger partial charge >= 0.3 is 0 Å². The van der Waals surface area contributed by atoms with Crippen LogP contribution < -0.4 is 10.5 Å². The molecule has 1 aromatic rings. The Labute approximate surface area is 63.0 Å². The molecule has 0 amide bonds. The maximum atomic E-state index is 5.45. The Kier molecular flexibility index (Phi) is 1.91. The minimum Gasteiger partial charge on any atom is -0.481 e. The Bertz CT molecular complexity index is 220. The second kappa shape index (κ2) is 2.70. The Hall–Kier alpha value is -1.03. The summed E-state index contributed by atoms with van der Waals surface area (Å²) >= 11 is 5.45. The second-order valence-electron chi connectivity index (χ2n) is 1.60. The lowest BCUT2D eigenvalue weighted by Gasteiger charge is -1.98. The molecule has 4 nitrogen and oxygen atoms in total. The molecule has 1 heterocycles. The van der Waals surface area contributed by atoms with Crippen LogP contribution in [0.3, 0.4) is 0 Å². The fourth-order valence-corrected chi connectivity index (χ4v) is 0.699. The van der Waals surface area contributed by atoms with Crippen LogP contribution in [-0.4, -0.2) is 17.1 Å². The Morgan fingerprint density at radius 3 is 2.80 bits per heavy atom. The van der Waals surface area contributed by atoms with E-state index in [1.54, 1.807) is 0 Å². The molecular weight excluding hydrogens is 154 g/mol. The zero-order valence-electron chi connectivity index (χ0n) is 5.34. The van der Waals surface area contributed by atoms with Crippen LogP contribution in [0, 0.1) is 0 Å². The molecule has 5 heteroatoms. The minimum atomic E-state index is 0.0943. The summed E-state index contributed by atoms with van der Waals surface area (Å²) in [5, 5.41) is 0.0943. The molecule has 0 spiro atoms. The predicted molar refractivity (Wildman–Crippen MR) is 38.0 cm³/mol. The lowest BCUT2D eigenvalue weighted by atomic mass is 10.6. The van der Waals surface area contributed by atoms with Gasteiger partial charge in [-0.15, -0.1) is 0 Å². The van der Waals surface area contributed by atoms with Gasteiger partial charge in [0.1, 0.15) is 5.82 Å². The molecule has 10 heavy (non-hydrogen) atoms. The van der Waals surface area contributed by atoms with Gasteiger partial charge in [0.25, 0.3) is 0 Å². The van der Waals surface area contributed by atoms with Gasteiger partial charge in [-0.1, -0.05) is 0 Å². The number of nitrogen functional groups attached to an aromatic ring is 1. The second-order valence-corrected chi connectivity index (χ2v) is 1.94. The normalized spacial score (nSPS) is 9.40. The van der Waals surface area contributed by atoms with Crippen LogP contribution in [0.2, 0.25) is 5.28 Å². The van der Waals surface area contributed by atoms with E-state index in [1.807, 2.05) is 0 Å². The molecule has 0 aliphatic rings. The van der Waals surface area contributed by atoms with E-state index in [2.05, 4.69) is 9.97 Å². The van der Waals surface area contributed by atoms with Gasteiger partial charge in [-0.25, -0.2) is 4.98 Å². The van der Waals surface area contributed by atoms with Gasteiger partial charge in [0.05, 0.1) is 7.11 Å². The third kappa shape index (κ3) is 1.48. The Balaban J connectivity index is 3.06. The van der Waals surface area contributed by atoms with Gasteiger partial charge in [-0.3, -0.25) is 0 Å². The van der Waals surface area contributed by atoms with Gasteiger partial charge in [0, 0.05) is 6.07 Å².